The topological polar surface area (TPSA) is 58.6 Å². The van der Waals surface area contributed by atoms with Crippen LogP contribution in [0.4, 0.5) is 0 Å². The molecule has 2 amide bonds. The van der Waals surface area contributed by atoms with Crippen molar-refractivity contribution in [2.24, 2.45) is 17.3 Å². The van der Waals surface area contributed by atoms with Crippen LogP contribution in [0.2, 0.25) is 0 Å². The first kappa shape index (κ1) is 25.6. The van der Waals surface area contributed by atoms with Crippen LogP contribution in [0.1, 0.15) is 84.6 Å². The Morgan fingerprint density at radius 1 is 1.06 bits per heavy atom. The molecule has 0 bridgehead atoms. The molecule has 0 saturated carbocycles. The second kappa shape index (κ2) is 11.9. The van der Waals surface area contributed by atoms with Gasteiger partial charge in [0, 0.05) is 19.5 Å². The van der Waals surface area contributed by atoms with Gasteiger partial charge in [0.05, 0.1) is 11.5 Å². The first-order chi connectivity index (χ1) is 15.8. The number of para-hydroxylation sites is 1. The van der Waals surface area contributed by atoms with E-state index in [1.807, 2.05) is 11.0 Å². The number of amides is 2. The minimum absolute atomic E-state index is 0.0104. The Balaban J connectivity index is 1.74. The normalized spacial score (nSPS) is 22.1. The number of likely N-dealkylation sites (tertiary alicyclic amines) is 1. The van der Waals surface area contributed by atoms with Crippen molar-refractivity contribution < 1.29 is 14.3 Å². The third-order valence-corrected chi connectivity index (χ3v) is 7.24. The summed E-state index contributed by atoms with van der Waals surface area (Å²) < 4.78 is 6.26. The van der Waals surface area contributed by atoms with E-state index < -0.39 is 0 Å². The molecule has 0 aromatic heterocycles. The fourth-order valence-corrected chi connectivity index (χ4v) is 5.33. The summed E-state index contributed by atoms with van der Waals surface area (Å²) in [7, 11) is 0. The van der Waals surface area contributed by atoms with Crippen molar-refractivity contribution in [2.75, 3.05) is 19.7 Å². The number of carbonyl (C=O) groups excluding carboxylic acids is 2. The summed E-state index contributed by atoms with van der Waals surface area (Å²) in [5.74, 6) is 2.18. The van der Waals surface area contributed by atoms with Crippen LogP contribution in [0, 0.1) is 17.3 Å². The molecule has 0 aliphatic carbocycles. The Hall–Kier alpha value is -2.04. The number of rotatable bonds is 4. The lowest BCUT2D eigenvalue weighted by Gasteiger charge is -2.42. The number of hydrogen-bond acceptors (Lipinski definition) is 3. The summed E-state index contributed by atoms with van der Waals surface area (Å²) in [6, 6.07) is 8.31. The molecule has 184 valence electrons. The average Bonchev–Trinajstić information content (AvgIpc) is 2.77. The zero-order valence-corrected chi connectivity index (χ0v) is 21.2. The molecule has 1 atom stereocenters. The van der Waals surface area contributed by atoms with Crippen LogP contribution in [0.15, 0.2) is 24.3 Å². The highest BCUT2D eigenvalue weighted by Gasteiger charge is 2.42. The monoisotopic (exact) mass is 456 g/mol. The predicted molar refractivity (Wildman–Crippen MR) is 133 cm³/mol. The number of fused-ring (bicyclic) bond motifs is 1. The van der Waals surface area contributed by atoms with Crippen molar-refractivity contribution in [1.29, 1.82) is 0 Å². The summed E-state index contributed by atoms with van der Waals surface area (Å²) in [6.07, 6.45) is 8.18. The van der Waals surface area contributed by atoms with Gasteiger partial charge in [-0.05, 0) is 62.0 Å². The fraction of sp³-hybridized carbons (Fsp3) is 0.714. The molecular weight excluding hydrogens is 412 g/mol. The average molecular weight is 457 g/mol. The molecular formula is C28H44N2O3. The minimum atomic E-state index is -0.370. The van der Waals surface area contributed by atoms with Crippen molar-refractivity contribution >= 4 is 11.8 Å². The molecule has 1 aromatic rings. The van der Waals surface area contributed by atoms with Crippen LogP contribution in [0.3, 0.4) is 0 Å². The summed E-state index contributed by atoms with van der Waals surface area (Å²) in [5.41, 5.74) is 0.892. The minimum Gasteiger partial charge on any atom is -0.491 e. The van der Waals surface area contributed by atoms with Crippen LogP contribution in [-0.4, -0.2) is 42.5 Å². The Morgan fingerprint density at radius 3 is 2.48 bits per heavy atom. The van der Waals surface area contributed by atoms with Gasteiger partial charge in [0.1, 0.15) is 12.4 Å². The smallest absolute Gasteiger partial charge is 0.226 e. The SMILES string of the molecule is CC(C)CC(=O)N1CCC2(CCCCCc3ccccc3OC[C@H](CC(C)C)NC2=O)CC1. The van der Waals surface area contributed by atoms with Crippen molar-refractivity contribution in [3.05, 3.63) is 29.8 Å². The molecule has 0 unspecified atom stereocenters. The van der Waals surface area contributed by atoms with E-state index in [0.29, 0.717) is 38.0 Å². The van der Waals surface area contributed by atoms with Crippen molar-refractivity contribution in [1.82, 2.24) is 10.2 Å². The van der Waals surface area contributed by atoms with E-state index in [1.165, 1.54) is 5.56 Å². The quantitative estimate of drug-likeness (QED) is 0.663. The molecule has 1 fully saturated rings. The fourth-order valence-electron chi connectivity index (χ4n) is 5.33. The summed E-state index contributed by atoms with van der Waals surface area (Å²) in [5, 5.41) is 3.39. The number of nitrogens with zero attached hydrogens (tertiary/aromatic N) is 1. The molecule has 0 radical (unpaired) electrons. The zero-order valence-electron chi connectivity index (χ0n) is 21.2. The Morgan fingerprint density at radius 2 is 1.79 bits per heavy atom. The third kappa shape index (κ3) is 7.22. The number of benzene rings is 1. The number of carbonyl (C=O) groups is 2. The van der Waals surface area contributed by atoms with Crippen LogP contribution in [0.5, 0.6) is 5.75 Å². The Bertz CT molecular complexity index is 781. The molecule has 1 spiro atoms. The van der Waals surface area contributed by atoms with Crippen molar-refractivity contribution in [3.8, 4) is 5.75 Å². The van der Waals surface area contributed by atoms with Crippen LogP contribution >= 0.6 is 0 Å². The first-order valence-electron chi connectivity index (χ1n) is 13.1. The number of aryl methyl sites for hydroxylation is 1. The lowest BCUT2D eigenvalue weighted by Crippen LogP contribution is -2.53. The molecule has 1 aromatic carbocycles. The lowest BCUT2D eigenvalue weighted by molar-refractivity contribution is -0.142. The van der Waals surface area contributed by atoms with Gasteiger partial charge in [-0.3, -0.25) is 9.59 Å². The zero-order chi connectivity index (χ0) is 23.8. The molecule has 2 aliphatic rings. The van der Waals surface area contributed by atoms with Crippen molar-refractivity contribution in [2.45, 2.75) is 91.5 Å². The molecule has 5 heteroatoms. The van der Waals surface area contributed by atoms with E-state index in [0.717, 1.165) is 57.1 Å². The maximum absolute atomic E-state index is 13.7. The van der Waals surface area contributed by atoms with Gasteiger partial charge < -0.3 is 15.0 Å². The highest BCUT2D eigenvalue weighted by molar-refractivity contribution is 5.84. The third-order valence-electron chi connectivity index (χ3n) is 7.24. The molecule has 2 aliphatic heterocycles. The van der Waals surface area contributed by atoms with E-state index in [2.05, 4.69) is 51.2 Å². The van der Waals surface area contributed by atoms with Gasteiger partial charge in [0.15, 0.2) is 0 Å². The van der Waals surface area contributed by atoms with Crippen molar-refractivity contribution in [3.63, 3.8) is 0 Å². The van der Waals surface area contributed by atoms with Crippen LogP contribution in [0.25, 0.3) is 0 Å². The van der Waals surface area contributed by atoms with Gasteiger partial charge in [-0.15, -0.1) is 0 Å². The molecule has 1 saturated heterocycles. The number of ether oxygens (including phenoxy) is 1. The molecule has 3 rings (SSSR count). The Labute approximate surface area is 200 Å². The summed E-state index contributed by atoms with van der Waals surface area (Å²) >= 11 is 0. The molecule has 2 heterocycles. The van der Waals surface area contributed by atoms with Gasteiger partial charge in [-0.1, -0.05) is 58.7 Å². The summed E-state index contributed by atoms with van der Waals surface area (Å²) in [4.78, 5) is 28.3. The van der Waals surface area contributed by atoms with Gasteiger partial charge in [-0.2, -0.15) is 0 Å². The van der Waals surface area contributed by atoms with Gasteiger partial charge >= 0.3 is 0 Å². The van der Waals surface area contributed by atoms with Gasteiger partial charge in [0.25, 0.3) is 0 Å². The van der Waals surface area contributed by atoms with E-state index in [1.54, 1.807) is 0 Å². The summed E-state index contributed by atoms with van der Waals surface area (Å²) in [6.45, 7) is 10.4. The lowest BCUT2D eigenvalue weighted by atomic mass is 9.73. The second-order valence-electron chi connectivity index (χ2n) is 11.0. The van der Waals surface area contributed by atoms with Crippen LogP contribution < -0.4 is 10.1 Å². The van der Waals surface area contributed by atoms with E-state index >= 15 is 0 Å². The van der Waals surface area contributed by atoms with Gasteiger partial charge in [-0.25, -0.2) is 0 Å². The molecule has 5 nitrogen and oxygen atoms in total. The number of hydrogen-bond donors (Lipinski definition) is 1. The predicted octanol–water partition coefficient (Wildman–Crippen LogP) is 5.37. The Kier molecular flexibility index (Phi) is 9.22. The maximum atomic E-state index is 13.7. The van der Waals surface area contributed by atoms with Gasteiger partial charge in [0.2, 0.25) is 11.8 Å². The standard InChI is InChI=1S/C28H44N2O3/c1-21(2)18-24-20-33-25-12-8-7-11-23(25)10-6-5-9-13-28(27(32)29-24)14-16-30(17-15-28)26(31)19-22(3)4/h7-8,11-12,21-22,24H,5-6,9-10,13-20H2,1-4H3,(H,29,32)/t24-/m0/s1. The van der Waals surface area contributed by atoms with E-state index in [9.17, 15) is 9.59 Å². The van der Waals surface area contributed by atoms with Crippen LogP contribution in [-0.2, 0) is 16.0 Å². The number of piperidine rings is 1. The largest absolute Gasteiger partial charge is 0.491 e. The molecule has 33 heavy (non-hydrogen) atoms. The second-order valence-corrected chi connectivity index (χ2v) is 11.0. The van der Waals surface area contributed by atoms with E-state index in [-0.39, 0.29) is 23.3 Å². The molecule has 1 N–H and O–H groups in total. The number of nitrogens with one attached hydrogen (secondary N) is 1. The first-order valence-corrected chi connectivity index (χ1v) is 13.1. The maximum Gasteiger partial charge on any atom is 0.226 e. The highest BCUT2D eigenvalue weighted by Crippen LogP contribution is 2.38. The highest BCUT2D eigenvalue weighted by atomic mass is 16.5. The van der Waals surface area contributed by atoms with E-state index in [4.69, 9.17) is 4.74 Å².